The van der Waals surface area contributed by atoms with Gasteiger partial charge in [0.05, 0.1) is 18.3 Å². The number of carbonyl (C=O) groups excluding carboxylic acids is 2. The molecule has 7 heteroatoms. The first-order valence-corrected chi connectivity index (χ1v) is 9.48. The average Bonchev–Trinajstić information content (AvgIpc) is 2.74. The molecule has 0 aliphatic carbocycles. The van der Waals surface area contributed by atoms with Crippen LogP contribution in [-0.4, -0.2) is 29.7 Å². The average molecular weight is 391 g/mol. The number of para-hydroxylation sites is 1. The Kier molecular flexibility index (Phi) is 5.29. The van der Waals surface area contributed by atoms with Crippen LogP contribution in [0, 0.1) is 0 Å². The van der Waals surface area contributed by atoms with Gasteiger partial charge in [-0.2, -0.15) is 0 Å². The van der Waals surface area contributed by atoms with Crippen molar-refractivity contribution >= 4 is 28.5 Å². The quantitative estimate of drug-likeness (QED) is 0.660. The molecule has 1 aliphatic rings. The Morgan fingerprint density at radius 2 is 2.03 bits per heavy atom. The first-order valence-electron chi connectivity index (χ1n) is 9.48. The number of urea groups is 1. The molecule has 3 aromatic rings. The number of hydrogen-bond acceptors (Lipinski definition) is 5. The lowest BCUT2D eigenvalue weighted by Crippen LogP contribution is -2.41. The fourth-order valence-corrected chi connectivity index (χ4v) is 3.48. The van der Waals surface area contributed by atoms with E-state index in [0.29, 0.717) is 17.9 Å². The molecule has 1 aromatic heterocycles. The largest absolute Gasteiger partial charge is 0.478 e. The van der Waals surface area contributed by atoms with Gasteiger partial charge in [0.15, 0.2) is 6.10 Å². The second kappa shape index (κ2) is 8.18. The number of nitrogens with zero attached hydrogens (tertiary/aromatic N) is 1. The van der Waals surface area contributed by atoms with Gasteiger partial charge in [-0.05, 0) is 25.1 Å². The highest BCUT2D eigenvalue weighted by molar-refractivity contribution is 6.01. The van der Waals surface area contributed by atoms with E-state index in [2.05, 4.69) is 15.6 Å². The number of anilines is 1. The number of esters is 1. The molecular weight excluding hydrogens is 370 g/mol. The highest BCUT2D eigenvalue weighted by Gasteiger charge is 2.34. The Morgan fingerprint density at radius 1 is 1.17 bits per heavy atom. The van der Waals surface area contributed by atoms with Gasteiger partial charge in [0.2, 0.25) is 0 Å². The summed E-state index contributed by atoms with van der Waals surface area (Å²) < 4.78 is 10.9. The van der Waals surface area contributed by atoms with Gasteiger partial charge in [0.1, 0.15) is 5.75 Å². The summed E-state index contributed by atoms with van der Waals surface area (Å²) in [6, 6.07) is 14.1. The Labute approximate surface area is 168 Å². The minimum absolute atomic E-state index is 0.273. The van der Waals surface area contributed by atoms with Crippen LogP contribution < -0.4 is 15.4 Å². The second-order valence-corrected chi connectivity index (χ2v) is 6.69. The summed E-state index contributed by atoms with van der Waals surface area (Å²) in [5, 5.41) is 7.69. The van der Waals surface area contributed by atoms with Crippen molar-refractivity contribution in [3.05, 3.63) is 66.5 Å². The van der Waals surface area contributed by atoms with Crippen LogP contribution in [0.4, 0.5) is 10.5 Å². The van der Waals surface area contributed by atoms with Gasteiger partial charge >= 0.3 is 12.0 Å². The number of ether oxygens (including phenoxy) is 2. The van der Waals surface area contributed by atoms with Crippen LogP contribution in [0.5, 0.6) is 5.75 Å². The van der Waals surface area contributed by atoms with E-state index in [0.717, 1.165) is 16.3 Å². The molecule has 0 saturated heterocycles. The number of amides is 2. The number of aromatic nitrogens is 1. The molecule has 7 nitrogen and oxygen atoms in total. The number of pyridine rings is 1. The van der Waals surface area contributed by atoms with E-state index in [-0.39, 0.29) is 18.7 Å². The number of benzene rings is 2. The fourth-order valence-electron chi connectivity index (χ4n) is 3.48. The number of fused-ring (bicyclic) bond motifs is 2. The van der Waals surface area contributed by atoms with Crippen molar-refractivity contribution in [3.8, 4) is 5.75 Å². The van der Waals surface area contributed by atoms with Crippen LogP contribution in [0.2, 0.25) is 0 Å². The molecule has 4 rings (SSSR count). The van der Waals surface area contributed by atoms with Gasteiger partial charge in [0.25, 0.3) is 0 Å². The van der Waals surface area contributed by atoms with E-state index < -0.39 is 12.1 Å². The lowest BCUT2D eigenvalue weighted by molar-refractivity contribution is -0.152. The summed E-state index contributed by atoms with van der Waals surface area (Å²) in [6.07, 6.45) is 2.96. The molecule has 148 valence electrons. The van der Waals surface area contributed by atoms with Crippen molar-refractivity contribution in [2.24, 2.45) is 0 Å². The normalized spacial score (nSPS) is 17.7. The molecule has 2 N–H and O–H groups in total. The monoisotopic (exact) mass is 391 g/mol. The van der Waals surface area contributed by atoms with Gasteiger partial charge < -0.3 is 20.1 Å². The maximum Gasteiger partial charge on any atom is 0.347 e. The van der Waals surface area contributed by atoms with Crippen molar-refractivity contribution in [1.82, 2.24) is 10.3 Å². The predicted octanol–water partition coefficient (Wildman–Crippen LogP) is 3.81. The van der Waals surface area contributed by atoms with E-state index >= 15 is 0 Å². The molecule has 2 unspecified atom stereocenters. The van der Waals surface area contributed by atoms with Gasteiger partial charge in [-0.25, -0.2) is 9.59 Å². The van der Waals surface area contributed by atoms with Crippen molar-refractivity contribution < 1.29 is 19.1 Å². The number of nitrogens with one attached hydrogen (secondary N) is 2. The lowest BCUT2D eigenvalue weighted by Gasteiger charge is -2.31. The Balaban J connectivity index is 1.54. The molecule has 2 atom stereocenters. The van der Waals surface area contributed by atoms with Crippen LogP contribution in [0.15, 0.2) is 60.9 Å². The van der Waals surface area contributed by atoms with Crippen LogP contribution >= 0.6 is 0 Å². The van der Waals surface area contributed by atoms with Crippen molar-refractivity contribution in [2.45, 2.75) is 25.5 Å². The second-order valence-electron chi connectivity index (χ2n) is 6.69. The smallest absolute Gasteiger partial charge is 0.347 e. The molecular formula is C22H21N3O4. The summed E-state index contributed by atoms with van der Waals surface area (Å²) in [5.41, 5.74) is 1.51. The minimum Gasteiger partial charge on any atom is -0.478 e. The molecule has 0 saturated carbocycles. The first-order chi connectivity index (χ1) is 14.2. The third kappa shape index (κ3) is 3.99. The maximum atomic E-state index is 12.7. The molecule has 1 aliphatic heterocycles. The SMILES string of the molecule is CCOC(=O)C1CC(NC(=O)Nc2cccc3cnccc23)c2ccccc2O1. The maximum absolute atomic E-state index is 12.7. The van der Waals surface area contributed by atoms with Crippen LogP contribution in [0.1, 0.15) is 24.9 Å². The van der Waals surface area contributed by atoms with Crippen molar-refractivity contribution in [1.29, 1.82) is 0 Å². The Morgan fingerprint density at radius 3 is 2.90 bits per heavy atom. The van der Waals surface area contributed by atoms with Crippen molar-refractivity contribution in [3.63, 3.8) is 0 Å². The van der Waals surface area contributed by atoms with Gasteiger partial charge in [0, 0.05) is 35.2 Å². The highest BCUT2D eigenvalue weighted by atomic mass is 16.6. The zero-order chi connectivity index (χ0) is 20.2. The number of carbonyl (C=O) groups is 2. The topological polar surface area (TPSA) is 89.5 Å². The van der Waals surface area contributed by atoms with Gasteiger partial charge in [-0.15, -0.1) is 0 Å². The molecule has 2 heterocycles. The van der Waals surface area contributed by atoms with Crippen LogP contribution in [-0.2, 0) is 9.53 Å². The molecule has 2 amide bonds. The standard InChI is InChI=1S/C22H21N3O4/c1-2-28-21(26)20-12-18(16-7-3-4-9-19(16)29-20)25-22(27)24-17-8-5-6-14-13-23-11-10-15(14)17/h3-11,13,18,20H,2,12H2,1H3,(H2,24,25,27). The highest BCUT2D eigenvalue weighted by Crippen LogP contribution is 2.35. The van der Waals surface area contributed by atoms with Crippen LogP contribution in [0.3, 0.4) is 0 Å². The fraction of sp³-hybridized carbons (Fsp3) is 0.227. The van der Waals surface area contributed by atoms with Gasteiger partial charge in [-0.3, -0.25) is 4.98 Å². The number of hydrogen-bond donors (Lipinski definition) is 2. The lowest BCUT2D eigenvalue weighted by atomic mass is 9.96. The summed E-state index contributed by atoms with van der Waals surface area (Å²) in [6.45, 7) is 2.02. The molecule has 2 aromatic carbocycles. The van der Waals surface area contributed by atoms with Crippen molar-refractivity contribution in [2.75, 3.05) is 11.9 Å². The van der Waals surface area contributed by atoms with E-state index in [1.807, 2.05) is 42.5 Å². The van der Waals surface area contributed by atoms with E-state index in [1.165, 1.54) is 0 Å². The van der Waals surface area contributed by atoms with Gasteiger partial charge in [-0.1, -0.05) is 30.3 Å². The minimum atomic E-state index is -0.765. The molecule has 0 spiro atoms. The molecule has 29 heavy (non-hydrogen) atoms. The third-order valence-corrected chi connectivity index (χ3v) is 4.80. The molecule has 0 bridgehead atoms. The molecule has 0 radical (unpaired) electrons. The predicted molar refractivity (Wildman–Crippen MR) is 109 cm³/mol. The van der Waals surface area contributed by atoms with E-state index in [9.17, 15) is 9.59 Å². The van der Waals surface area contributed by atoms with Crippen LogP contribution in [0.25, 0.3) is 10.8 Å². The summed E-state index contributed by atoms with van der Waals surface area (Å²) >= 11 is 0. The summed E-state index contributed by atoms with van der Waals surface area (Å²) in [5.74, 6) is 0.133. The molecule has 0 fully saturated rings. The zero-order valence-corrected chi connectivity index (χ0v) is 15.9. The Bertz CT molecular complexity index is 1050. The summed E-state index contributed by atoms with van der Waals surface area (Å²) in [7, 11) is 0. The Hall–Kier alpha value is -3.61. The first kappa shape index (κ1) is 18.7. The number of rotatable bonds is 4. The third-order valence-electron chi connectivity index (χ3n) is 4.80. The zero-order valence-electron chi connectivity index (χ0n) is 15.9. The van der Waals surface area contributed by atoms with E-state index in [4.69, 9.17) is 9.47 Å². The van der Waals surface area contributed by atoms with E-state index in [1.54, 1.807) is 25.4 Å². The summed E-state index contributed by atoms with van der Waals surface area (Å²) in [4.78, 5) is 29.0.